The molecule has 32 heavy (non-hydrogen) atoms. The number of nitrogens with one attached hydrogen (secondary N) is 1. The number of amides is 1. The van der Waals surface area contributed by atoms with Gasteiger partial charge in [-0.15, -0.1) is 0 Å². The number of nitrogens with zero attached hydrogens (tertiary/aromatic N) is 2. The van der Waals surface area contributed by atoms with Gasteiger partial charge in [-0.05, 0) is 63.9 Å². The first-order chi connectivity index (χ1) is 16.3. The molecule has 6 nitrogen and oxygen atoms in total. The second kappa shape index (κ2) is 9.81. The summed E-state index contributed by atoms with van der Waals surface area (Å²) < 4.78 is 33.3. The van der Waals surface area contributed by atoms with E-state index in [1.807, 2.05) is 45.0 Å². The van der Waals surface area contributed by atoms with Gasteiger partial charge in [0.25, 0.3) is 0 Å². The van der Waals surface area contributed by atoms with Crippen molar-refractivity contribution in [1.82, 2.24) is 15.2 Å². The Morgan fingerprint density at radius 1 is 1.31 bits per heavy atom. The lowest BCUT2D eigenvalue weighted by molar-refractivity contribution is 0.0286. The number of hydrogen-bond acceptors (Lipinski definition) is 5. The van der Waals surface area contributed by atoms with Gasteiger partial charge in [-0.3, -0.25) is 5.32 Å². The van der Waals surface area contributed by atoms with Gasteiger partial charge >= 0.3 is 6.09 Å². The maximum Gasteiger partial charge on any atom is 0.410 e. The number of aryl methyl sites for hydroxylation is 1. The number of benzene rings is 1. The molecular weight excluding hydrogens is 426 g/mol. The summed E-state index contributed by atoms with van der Waals surface area (Å²) in [5.41, 5.74) is 0.0414. The number of ether oxygens (including phenoxy) is 2. The Bertz CT molecular complexity index is 1120. The monoisotopic (exact) mass is 458 g/mol. The van der Waals surface area contributed by atoms with Crippen molar-refractivity contribution in [1.29, 1.82) is 0 Å². The fourth-order valence-corrected chi connectivity index (χ4v) is 3.51. The fourth-order valence-electron chi connectivity index (χ4n) is 3.31. The minimum Gasteiger partial charge on any atom is -0.497 e. The lowest BCUT2D eigenvalue weighted by Gasteiger charge is -2.27. The molecule has 1 atom stereocenters. The lowest BCUT2D eigenvalue weighted by atomic mass is 9.98. The van der Waals surface area contributed by atoms with Crippen molar-refractivity contribution in [3.63, 3.8) is 0 Å². The number of hydrogen-bond donors (Lipinski definition) is 1. The van der Waals surface area contributed by atoms with Gasteiger partial charge in [0.15, 0.2) is 0 Å². The summed E-state index contributed by atoms with van der Waals surface area (Å²) in [4.78, 5) is 18.3. The molecule has 0 spiro atoms. The van der Waals surface area contributed by atoms with Gasteiger partial charge in [0.1, 0.15) is 22.0 Å². The average molecular weight is 459 g/mol. The number of rotatable bonds is 4. The van der Waals surface area contributed by atoms with Crippen LogP contribution >= 0.6 is 11.6 Å². The maximum absolute atomic E-state index is 12.7. The molecule has 1 N–H and O–H groups in total. The van der Waals surface area contributed by atoms with Gasteiger partial charge in [0.2, 0.25) is 0 Å². The molecule has 1 unspecified atom stereocenters. The van der Waals surface area contributed by atoms with Crippen LogP contribution in [0.15, 0.2) is 36.4 Å². The van der Waals surface area contributed by atoms with Crippen LogP contribution in [0.3, 0.4) is 0 Å². The molecule has 2 heterocycles. The second-order valence-electron chi connectivity index (χ2n) is 8.72. The molecule has 0 aliphatic carbocycles. The topological polar surface area (TPSA) is 63.7 Å². The summed E-state index contributed by atoms with van der Waals surface area (Å²) in [5.74, 6) is 7.06. The van der Waals surface area contributed by atoms with Crippen molar-refractivity contribution in [2.75, 3.05) is 20.2 Å². The summed E-state index contributed by atoms with van der Waals surface area (Å²) in [6, 6.07) is 10.7. The quantitative estimate of drug-likeness (QED) is 0.537. The third kappa shape index (κ3) is 6.38. The number of carbonyl (C=O) groups is 1. The number of methoxy groups -OCH3 is 1. The van der Waals surface area contributed by atoms with E-state index in [1.54, 1.807) is 18.1 Å². The standard InChI is InChI=1S/C25H30ClN3O3/c1-18-6-9-20(22(26)28-18)12-13-25(27-16-19-7-10-21(31-5)11-8-19)14-15-29(17-25)23(30)32-24(2,3)4/h6-11,27H,14-17H2,1-5H3/i1D3. The van der Waals surface area contributed by atoms with Gasteiger partial charge in [-0.1, -0.05) is 35.6 Å². The predicted molar refractivity (Wildman–Crippen MR) is 126 cm³/mol. The summed E-state index contributed by atoms with van der Waals surface area (Å²) in [7, 11) is 1.62. The smallest absolute Gasteiger partial charge is 0.410 e. The molecule has 0 radical (unpaired) electrons. The Labute approximate surface area is 199 Å². The SMILES string of the molecule is [2H]C([2H])([2H])c1ccc(C#CC2(NCc3ccc(OC)cc3)CCN(C(=O)OC(C)(C)C)C2)c(Cl)n1. The van der Waals surface area contributed by atoms with E-state index in [9.17, 15) is 4.79 Å². The minimum atomic E-state index is -2.35. The zero-order valence-electron chi connectivity index (χ0n) is 21.8. The normalized spacial score (nSPS) is 19.9. The molecule has 2 aromatic rings. The largest absolute Gasteiger partial charge is 0.497 e. The Hall–Kier alpha value is -2.75. The number of halogens is 1. The molecule has 7 heteroatoms. The van der Waals surface area contributed by atoms with Gasteiger partial charge in [0.05, 0.1) is 19.2 Å². The molecule has 1 aliphatic rings. The van der Waals surface area contributed by atoms with E-state index in [0.717, 1.165) is 11.3 Å². The van der Waals surface area contributed by atoms with E-state index < -0.39 is 24.1 Å². The number of likely N-dealkylation sites (tertiary alicyclic amines) is 1. The molecule has 1 aliphatic heterocycles. The van der Waals surface area contributed by atoms with Gasteiger partial charge in [-0.2, -0.15) is 0 Å². The van der Waals surface area contributed by atoms with E-state index in [-0.39, 0.29) is 10.8 Å². The number of pyridine rings is 1. The summed E-state index contributed by atoms with van der Waals surface area (Å²) in [5, 5.41) is 3.53. The number of aromatic nitrogens is 1. The minimum absolute atomic E-state index is 0.0263. The van der Waals surface area contributed by atoms with E-state index in [2.05, 4.69) is 22.1 Å². The Morgan fingerprint density at radius 3 is 2.69 bits per heavy atom. The third-order valence-electron chi connectivity index (χ3n) is 5.00. The van der Waals surface area contributed by atoms with Crippen molar-refractivity contribution in [3.8, 4) is 17.6 Å². The number of carbonyl (C=O) groups excluding carboxylic acids is 1. The molecule has 170 valence electrons. The van der Waals surface area contributed by atoms with Gasteiger partial charge < -0.3 is 14.4 Å². The lowest BCUT2D eigenvalue weighted by Crippen LogP contribution is -2.47. The van der Waals surface area contributed by atoms with Crippen LogP contribution in [-0.2, 0) is 11.3 Å². The first-order valence-electron chi connectivity index (χ1n) is 11.9. The Kier molecular flexibility index (Phi) is 6.10. The average Bonchev–Trinajstić information content (AvgIpc) is 3.20. The van der Waals surface area contributed by atoms with E-state index in [0.29, 0.717) is 31.6 Å². The van der Waals surface area contributed by atoms with Crippen LogP contribution in [0.4, 0.5) is 4.79 Å². The van der Waals surface area contributed by atoms with Crippen LogP contribution in [-0.4, -0.2) is 47.3 Å². The molecule has 0 saturated carbocycles. The highest BCUT2D eigenvalue weighted by Gasteiger charge is 2.40. The van der Waals surface area contributed by atoms with E-state index in [1.165, 1.54) is 6.07 Å². The summed E-state index contributed by atoms with van der Waals surface area (Å²) in [6.45, 7) is 4.45. The zero-order valence-corrected chi connectivity index (χ0v) is 19.5. The molecule has 1 aromatic carbocycles. The highest BCUT2D eigenvalue weighted by molar-refractivity contribution is 6.30. The van der Waals surface area contributed by atoms with E-state index in [4.69, 9.17) is 25.2 Å². The molecule has 3 rings (SSSR count). The van der Waals surface area contributed by atoms with Crippen LogP contribution in [0.5, 0.6) is 5.75 Å². The van der Waals surface area contributed by atoms with Gasteiger partial charge in [0, 0.05) is 22.9 Å². The van der Waals surface area contributed by atoms with Gasteiger partial charge in [-0.25, -0.2) is 9.78 Å². The highest BCUT2D eigenvalue weighted by atomic mass is 35.5. The molecule has 1 aromatic heterocycles. The van der Waals surface area contributed by atoms with Crippen LogP contribution in [0.25, 0.3) is 0 Å². The molecule has 1 fully saturated rings. The third-order valence-corrected chi connectivity index (χ3v) is 5.28. The molecule has 0 bridgehead atoms. The van der Waals surface area contributed by atoms with Crippen LogP contribution in [0, 0.1) is 18.7 Å². The van der Waals surface area contributed by atoms with Crippen LogP contribution < -0.4 is 10.1 Å². The van der Waals surface area contributed by atoms with Crippen LogP contribution in [0.2, 0.25) is 5.15 Å². The van der Waals surface area contributed by atoms with Crippen LogP contribution in [0.1, 0.15) is 48.1 Å². The maximum atomic E-state index is 12.7. The van der Waals surface area contributed by atoms with Crippen molar-refractivity contribution in [3.05, 3.63) is 58.4 Å². The van der Waals surface area contributed by atoms with Crippen molar-refractivity contribution in [2.24, 2.45) is 0 Å². The second-order valence-corrected chi connectivity index (χ2v) is 9.08. The predicted octanol–water partition coefficient (Wildman–Crippen LogP) is 4.57. The van der Waals surface area contributed by atoms with Crippen molar-refractivity contribution >= 4 is 17.7 Å². The summed E-state index contributed by atoms with van der Waals surface area (Å²) >= 11 is 6.24. The van der Waals surface area contributed by atoms with Crippen molar-refractivity contribution in [2.45, 2.75) is 51.7 Å². The molecule has 1 amide bonds. The fraction of sp³-hybridized carbons (Fsp3) is 0.440. The van der Waals surface area contributed by atoms with Crippen molar-refractivity contribution < 1.29 is 18.4 Å². The Balaban J connectivity index is 1.85. The zero-order chi connectivity index (χ0) is 25.9. The molecular formula is C25H30ClN3O3. The first kappa shape index (κ1) is 19.9. The Morgan fingerprint density at radius 2 is 2.06 bits per heavy atom. The molecule has 1 saturated heterocycles. The highest BCUT2D eigenvalue weighted by Crippen LogP contribution is 2.25. The van der Waals surface area contributed by atoms with E-state index >= 15 is 0 Å². The summed E-state index contributed by atoms with van der Waals surface area (Å²) in [6.07, 6.45) is 0.183. The first-order valence-corrected chi connectivity index (χ1v) is 10.7.